The molecular weight excluding hydrogens is 356 g/mol. The Balaban J connectivity index is 1.50. The van der Waals surface area contributed by atoms with Gasteiger partial charge in [0, 0.05) is 11.6 Å². The molecule has 142 valence electrons. The van der Waals surface area contributed by atoms with Crippen LogP contribution in [0.2, 0.25) is 0 Å². The molecule has 2 unspecified atom stereocenters. The SMILES string of the molecule is CC1CC(c2c(-c3ccccc3)ncn2Cc2noc(-c3ccco3)n2)NN1. The fourth-order valence-electron chi connectivity index (χ4n) is 3.57. The predicted molar refractivity (Wildman–Crippen MR) is 102 cm³/mol. The highest BCUT2D eigenvalue weighted by Gasteiger charge is 2.28. The third-order valence-corrected chi connectivity index (χ3v) is 4.86. The van der Waals surface area contributed by atoms with E-state index in [9.17, 15) is 0 Å². The Morgan fingerprint density at radius 2 is 2.04 bits per heavy atom. The average molecular weight is 376 g/mol. The number of hydrogen-bond acceptors (Lipinski definition) is 7. The third kappa shape index (κ3) is 3.12. The number of imidazole rings is 1. The van der Waals surface area contributed by atoms with Gasteiger partial charge in [-0.2, -0.15) is 4.98 Å². The summed E-state index contributed by atoms with van der Waals surface area (Å²) < 4.78 is 12.7. The number of hydrazine groups is 1. The second kappa shape index (κ2) is 7.06. The predicted octanol–water partition coefficient (Wildman–Crippen LogP) is 3.17. The summed E-state index contributed by atoms with van der Waals surface area (Å²) in [5, 5.41) is 4.10. The van der Waals surface area contributed by atoms with E-state index in [1.54, 1.807) is 18.4 Å². The Morgan fingerprint density at radius 1 is 1.14 bits per heavy atom. The summed E-state index contributed by atoms with van der Waals surface area (Å²) in [6, 6.07) is 14.3. The third-order valence-electron chi connectivity index (χ3n) is 4.86. The number of rotatable bonds is 5. The summed E-state index contributed by atoms with van der Waals surface area (Å²) in [6.07, 6.45) is 4.39. The minimum absolute atomic E-state index is 0.143. The lowest BCUT2D eigenvalue weighted by Crippen LogP contribution is -2.29. The van der Waals surface area contributed by atoms with Crippen LogP contribution in [0.4, 0.5) is 0 Å². The van der Waals surface area contributed by atoms with Crippen LogP contribution in [0.15, 0.2) is 64.0 Å². The van der Waals surface area contributed by atoms with Crippen molar-refractivity contribution < 1.29 is 8.94 Å². The van der Waals surface area contributed by atoms with Gasteiger partial charge in [-0.05, 0) is 25.5 Å². The molecule has 28 heavy (non-hydrogen) atoms. The second-order valence-corrected chi connectivity index (χ2v) is 6.94. The summed E-state index contributed by atoms with van der Waals surface area (Å²) in [5.41, 5.74) is 9.83. The molecule has 1 aliphatic heterocycles. The van der Waals surface area contributed by atoms with Gasteiger partial charge in [0.05, 0.1) is 36.6 Å². The topological polar surface area (TPSA) is 93.9 Å². The largest absolute Gasteiger partial charge is 0.459 e. The summed E-state index contributed by atoms with van der Waals surface area (Å²) in [4.78, 5) is 9.16. The van der Waals surface area contributed by atoms with Gasteiger partial charge in [-0.15, -0.1) is 0 Å². The van der Waals surface area contributed by atoms with Gasteiger partial charge in [-0.1, -0.05) is 35.5 Å². The summed E-state index contributed by atoms with van der Waals surface area (Å²) in [5.74, 6) is 1.51. The number of nitrogens with zero attached hydrogens (tertiary/aromatic N) is 4. The summed E-state index contributed by atoms with van der Waals surface area (Å²) >= 11 is 0. The molecule has 4 aromatic rings. The Hall–Kier alpha value is -3.23. The zero-order valence-corrected chi connectivity index (χ0v) is 15.4. The van der Waals surface area contributed by atoms with Gasteiger partial charge in [0.15, 0.2) is 11.6 Å². The molecule has 0 amide bonds. The molecule has 2 N–H and O–H groups in total. The molecule has 0 aliphatic carbocycles. The minimum atomic E-state index is 0.143. The van der Waals surface area contributed by atoms with Crippen LogP contribution in [0.25, 0.3) is 22.9 Å². The van der Waals surface area contributed by atoms with Crippen molar-refractivity contribution in [3.05, 3.63) is 66.6 Å². The van der Waals surface area contributed by atoms with Crippen molar-refractivity contribution in [2.75, 3.05) is 0 Å². The van der Waals surface area contributed by atoms with Crippen LogP contribution in [0.1, 0.15) is 30.9 Å². The van der Waals surface area contributed by atoms with E-state index in [0.29, 0.717) is 30.1 Å². The Labute approximate surface area is 161 Å². The van der Waals surface area contributed by atoms with E-state index in [0.717, 1.165) is 23.4 Å². The molecule has 0 bridgehead atoms. The van der Waals surface area contributed by atoms with Crippen molar-refractivity contribution in [3.8, 4) is 22.9 Å². The first kappa shape index (κ1) is 16.9. The molecule has 0 spiro atoms. The van der Waals surface area contributed by atoms with E-state index in [1.165, 1.54) is 0 Å². The van der Waals surface area contributed by atoms with Crippen LogP contribution in [0.3, 0.4) is 0 Å². The number of benzene rings is 1. The fraction of sp³-hybridized carbons (Fsp3) is 0.250. The van der Waals surface area contributed by atoms with E-state index in [2.05, 4.69) is 44.6 Å². The number of nitrogens with one attached hydrogen (secondary N) is 2. The van der Waals surface area contributed by atoms with Crippen LogP contribution in [-0.4, -0.2) is 25.7 Å². The molecule has 2 atom stereocenters. The van der Waals surface area contributed by atoms with Crippen molar-refractivity contribution in [3.63, 3.8) is 0 Å². The van der Waals surface area contributed by atoms with Crippen LogP contribution < -0.4 is 10.9 Å². The maximum absolute atomic E-state index is 5.34. The first-order chi connectivity index (χ1) is 13.8. The molecule has 1 aliphatic rings. The first-order valence-electron chi connectivity index (χ1n) is 9.26. The zero-order valence-electron chi connectivity index (χ0n) is 15.4. The molecule has 4 heterocycles. The molecule has 0 radical (unpaired) electrons. The van der Waals surface area contributed by atoms with Gasteiger partial charge in [0.2, 0.25) is 0 Å². The van der Waals surface area contributed by atoms with Crippen molar-refractivity contribution in [2.45, 2.75) is 32.0 Å². The number of hydrogen-bond donors (Lipinski definition) is 2. The molecule has 8 nitrogen and oxygen atoms in total. The number of aromatic nitrogens is 4. The molecular formula is C20H20N6O2. The van der Waals surface area contributed by atoms with Crippen LogP contribution in [0.5, 0.6) is 0 Å². The van der Waals surface area contributed by atoms with Crippen LogP contribution in [-0.2, 0) is 6.54 Å². The zero-order chi connectivity index (χ0) is 18.9. The highest BCUT2D eigenvalue weighted by atomic mass is 16.5. The molecule has 1 fully saturated rings. The van der Waals surface area contributed by atoms with Crippen molar-refractivity contribution in [2.24, 2.45) is 0 Å². The molecule has 1 saturated heterocycles. The minimum Gasteiger partial charge on any atom is -0.459 e. The van der Waals surface area contributed by atoms with E-state index >= 15 is 0 Å². The Morgan fingerprint density at radius 3 is 2.79 bits per heavy atom. The van der Waals surface area contributed by atoms with Crippen molar-refractivity contribution in [1.82, 2.24) is 30.5 Å². The van der Waals surface area contributed by atoms with Crippen LogP contribution >= 0.6 is 0 Å². The molecule has 1 aromatic carbocycles. The molecule has 8 heteroatoms. The highest BCUT2D eigenvalue weighted by molar-refractivity contribution is 5.62. The standard InChI is InChI=1S/C20H20N6O2/c1-13-10-15(24-23-13)19-18(14-6-3-2-4-7-14)21-12-26(19)11-17-22-20(28-25-17)16-8-5-9-27-16/h2-9,12-13,15,23-24H,10-11H2,1H3. The van der Waals surface area contributed by atoms with Gasteiger partial charge in [-0.25, -0.2) is 10.4 Å². The van der Waals surface area contributed by atoms with E-state index in [-0.39, 0.29) is 6.04 Å². The van der Waals surface area contributed by atoms with Gasteiger partial charge >= 0.3 is 0 Å². The Bertz CT molecular complexity index is 1050. The first-order valence-corrected chi connectivity index (χ1v) is 9.26. The average Bonchev–Trinajstić information content (AvgIpc) is 3.50. The monoisotopic (exact) mass is 376 g/mol. The highest BCUT2D eigenvalue weighted by Crippen LogP contribution is 2.31. The molecule has 5 rings (SSSR count). The second-order valence-electron chi connectivity index (χ2n) is 6.94. The maximum atomic E-state index is 5.34. The van der Waals surface area contributed by atoms with Gasteiger partial charge in [0.25, 0.3) is 5.89 Å². The number of furan rings is 1. The lowest BCUT2D eigenvalue weighted by atomic mass is 10.0. The van der Waals surface area contributed by atoms with E-state index in [4.69, 9.17) is 13.9 Å². The van der Waals surface area contributed by atoms with E-state index in [1.807, 2.05) is 24.5 Å². The lowest BCUT2D eigenvalue weighted by molar-refractivity contribution is 0.406. The Kier molecular flexibility index (Phi) is 4.27. The van der Waals surface area contributed by atoms with Crippen molar-refractivity contribution in [1.29, 1.82) is 0 Å². The maximum Gasteiger partial charge on any atom is 0.293 e. The van der Waals surface area contributed by atoms with Crippen LogP contribution in [0, 0.1) is 0 Å². The van der Waals surface area contributed by atoms with Gasteiger partial charge in [0.1, 0.15) is 0 Å². The van der Waals surface area contributed by atoms with Gasteiger partial charge < -0.3 is 13.5 Å². The van der Waals surface area contributed by atoms with Gasteiger partial charge in [-0.3, -0.25) is 5.43 Å². The molecule has 0 saturated carbocycles. The summed E-state index contributed by atoms with van der Waals surface area (Å²) in [7, 11) is 0. The smallest absolute Gasteiger partial charge is 0.293 e. The normalized spacial score (nSPS) is 19.3. The fourth-order valence-corrected chi connectivity index (χ4v) is 3.57. The lowest BCUT2D eigenvalue weighted by Gasteiger charge is -2.15. The quantitative estimate of drug-likeness (QED) is 0.552. The van der Waals surface area contributed by atoms with E-state index < -0.39 is 0 Å². The molecule has 3 aromatic heterocycles. The van der Waals surface area contributed by atoms with Crippen molar-refractivity contribution >= 4 is 0 Å². The summed E-state index contributed by atoms with van der Waals surface area (Å²) in [6.45, 7) is 2.62.